The predicted molar refractivity (Wildman–Crippen MR) is 255 cm³/mol. The van der Waals surface area contributed by atoms with Crippen molar-refractivity contribution in [2.75, 3.05) is 4.90 Å². The van der Waals surface area contributed by atoms with Crippen LogP contribution in [-0.4, -0.2) is 0 Å². The largest absolute Gasteiger partial charge is 0.455 e. The SMILES string of the molecule is c1ccc(-c2ccc(N(c3ccc(-c4ccc5c(c4)c4ccccc4c4c(-c6ccccc6)c(-c6ccccc6)oc54)cc3)c3cccc4c3oc3ccccc34)cc2)cc1. The Morgan fingerprint density at radius 1 is 0.295 bits per heavy atom. The van der Waals surface area contributed by atoms with Gasteiger partial charge in [0, 0.05) is 44.0 Å². The highest BCUT2D eigenvalue weighted by Crippen LogP contribution is 2.48. The van der Waals surface area contributed by atoms with Crippen LogP contribution in [0, 0.1) is 0 Å². The molecule has 0 aliphatic rings. The quantitative estimate of drug-likeness (QED) is 0.151. The average Bonchev–Trinajstić information content (AvgIpc) is 3.94. The third kappa shape index (κ3) is 5.82. The number of hydrogen-bond acceptors (Lipinski definition) is 3. The van der Waals surface area contributed by atoms with Gasteiger partial charge in [-0.2, -0.15) is 0 Å². The molecule has 0 saturated heterocycles. The van der Waals surface area contributed by atoms with Crippen LogP contribution in [0.15, 0.2) is 233 Å². The molecule has 3 nitrogen and oxygen atoms in total. The normalized spacial score (nSPS) is 11.6. The van der Waals surface area contributed by atoms with Crippen LogP contribution >= 0.6 is 0 Å². The van der Waals surface area contributed by atoms with Crippen molar-refractivity contribution in [1.82, 2.24) is 0 Å². The minimum absolute atomic E-state index is 0.858. The van der Waals surface area contributed by atoms with Gasteiger partial charge in [-0.1, -0.05) is 176 Å². The zero-order valence-electron chi connectivity index (χ0n) is 33.1. The molecule has 0 aliphatic heterocycles. The summed E-state index contributed by atoms with van der Waals surface area (Å²) in [6.07, 6.45) is 0. The first-order valence-corrected chi connectivity index (χ1v) is 20.7. The van der Waals surface area contributed by atoms with Crippen molar-refractivity contribution < 1.29 is 8.83 Å². The summed E-state index contributed by atoms with van der Waals surface area (Å²) in [5, 5.41) is 7.98. The molecule has 2 heterocycles. The predicted octanol–water partition coefficient (Wildman–Crippen LogP) is 16.8. The third-order valence-corrected chi connectivity index (χ3v) is 12.1. The van der Waals surface area contributed by atoms with Gasteiger partial charge in [-0.3, -0.25) is 0 Å². The number of anilines is 3. The van der Waals surface area contributed by atoms with Crippen molar-refractivity contribution in [3.8, 4) is 44.7 Å². The van der Waals surface area contributed by atoms with E-state index in [0.717, 1.165) is 94.3 Å². The van der Waals surface area contributed by atoms with E-state index in [1.165, 1.54) is 21.9 Å². The van der Waals surface area contributed by atoms with E-state index in [1.807, 2.05) is 12.1 Å². The third-order valence-electron chi connectivity index (χ3n) is 12.1. The van der Waals surface area contributed by atoms with Crippen LogP contribution in [0.5, 0.6) is 0 Å². The van der Waals surface area contributed by atoms with E-state index in [1.54, 1.807) is 0 Å². The Bertz CT molecular complexity index is 3550. The lowest BCUT2D eigenvalue weighted by atomic mass is 9.91. The first-order chi connectivity index (χ1) is 30.3. The molecular formula is C58H37NO2. The Labute approximate surface area is 353 Å². The Kier molecular flexibility index (Phi) is 8.17. The molecule has 286 valence electrons. The summed E-state index contributed by atoms with van der Waals surface area (Å²) in [6.45, 7) is 0. The fraction of sp³-hybridized carbons (Fsp3) is 0. The van der Waals surface area contributed by atoms with Crippen LogP contribution in [0.1, 0.15) is 0 Å². The zero-order valence-corrected chi connectivity index (χ0v) is 33.1. The van der Waals surface area contributed by atoms with Gasteiger partial charge in [0.05, 0.1) is 5.69 Å². The number of para-hydroxylation sites is 2. The van der Waals surface area contributed by atoms with Crippen molar-refractivity contribution >= 4 is 71.5 Å². The molecule has 0 N–H and O–H groups in total. The van der Waals surface area contributed by atoms with Gasteiger partial charge in [-0.05, 0) is 92.5 Å². The fourth-order valence-corrected chi connectivity index (χ4v) is 9.20. The number of fused-ring (bicyclic) bond motifs is 9. The summed E-state index contributed by atoms with van der Waals surface area (Å²) >= 11 is 0. The monoisotopic (exact) mass is 779 g/mol. The molecule has 0 bridgehead atoms. The summed E-state index contributed by atoms with van der Waals surface area (Å²) < 4.78 is 13.6. The topological polar surface area (TPSA) is 29.5 Å². The number of rotatable bonds is 7. The van der Waals surface area contributed by atoms with Gasteiger partial charge in [-0.25, -0.2) is 0 Å². The lowest BCUT2D eigenvalue weighted by molar-refractivity contribution is 0.636. The lowest BCUT2D eigenvalue weighted by Crippen LogP contribution is -2.10. The van der Waals surface area contributed by atoms with Crippen molar-refractivity contribution in [1.29, 1.82) is 0 Å². The summed E-state index contributed by atoms with van der Waals surface area (Å²) in [5.74, 6) is 0.886. The highest BCUT2D eigenvalue weighted by molar-refractivity contribution is 6.29. The first-order valence-electron chi connectivity index (χ1n) is 20.7. The van der Waals surface area contributed by atoms with Crippen LogP contribution in [0.25, 0.3) is 99.2 Å². The Balaban J connectivity index is 1.00. The zero-order chi connectivity index (χ0) is 40.3. The van der Waals surface area contributed by atoms with Crippen LogP contribution in [0.2, 0.25) is 0 Å². The van der Waals surface area contributed by atoms with E-state index >= 15 is 0 Å². The van der Waals surface area contributed by atoms with E-state index < -0.39 is 0 Å². The molecule has 0 saturated carbocycles. The van der Waals surface area contributed by atoms with E-state index in [-0.39, 0.29) is 0 Å². The second kappa shape index (κ2) is 14.3. The van der Waals surface area contributed by atoms with Crippen LogP contribution in [0.3, 0.4) is 0 Å². The molecule has 0 radical (unpaired) electrons. The Morgan fingerprint density at radius 3 is 1.49 bits per heavy atom. The van der Waals surface area contributed by atoms with Gasteiger partial charge in [-0.15, -0.1) is 0 Å². The van der Waals surface area contributed by atoms with Crippen LogP contribution in [-0.2, 0) is 0 Å². The second-order valence-electron chi connectivity index (χ2n) is 15.6. The molecular weight excluding hydrogens is 743 g/mol. The highest BCUT2D eigenvalue weighted by Gasteiger charge is 2.24. The molecule has 0 fully saturated rings. The minimum Gasteiger partial charge on any atom is -0.455 e. The highest BCUT2D eigenvalue weighted by atomic mass is 16.3. The van der Waals surface area contributed by atoms with Gasteiger partial charge in [0.15, 0.2) is 5.58 Å². The molecule has 12 aromatic rings. The fourth-order valence-electron chi connectivity index (χ4n) is 9.20. The Hall–Kier alpha value is -8.14. The van der Waals surface area contributed by atoms with E-state index in [0.29, 0.717) is 0 Å². The molecule has 0 spiro atoms. The summed E-state index contributed by atoms with van der Waals surface area (Å²) in [7, 11) is 0. The maximum Gasteiger partial charge on any atom is 0.159 e. The van der Waals surface area contributed by atoms with Crippen molar-refractivity contribution in [3.05, 3.63) is 224 Å². The average molecular weight is 780 g/mol. The maximum atomic E-state index is 7.00. The standard InChI is InChI=1S/C58H37NO2/c1-4-15-38(16-5-1)39-27-32-44(33-28-39)59(52-25-14-24-49-47-22-12-13-26-53(47)60-57(49)52)45-34-29-40(30-35-45)43-31-36-50-51(37-43)46-21-10-11-23-48(46)55-54(41-17-6-2-7-18-41)56(61-58(50)55)42-19-8-3-9-20-42/h1-37H. The molecule has 0 amide bonds. The minimum atomic E-state index is 0.858. The lowest BCUT2D eigenvalue weighted by Gasteiger charge is -2.26. The van der Waals surface area contributed by atoms with Crippen molar-refractivity contribution in [3.63, 3.8) is 0 Å². The number of nitrogens with zero attached hydrogens (tertiary/aromatic N) is 1. The van der Waals surface area contributed by atoms with E-state index in [4.69, 9.17) is 8.83 Å². The van der Waals surface area contributed by atoms with Gasteiger partial charge in [0.1, 0.15) is 16.9 Å². The van der Waals surface area contributed by atoms with Gasteiger partial charge in [0.2, 0.25) is 0 Å². The van der Waals surface area contributed by atoms with E-state index in [2.05, 4.69) is 217 Å². The van der Waals surface area contributed by atoms with Gasteiger partial charge >= 0.3 is 0 Å². The van der Waals surface area contributed by atoms with Crippen molar-refractivity contribution in [2.45, 2.75) is 0 Å². The molecule has 2 aromatic heterocycles. The molecule has 3 heteroatoms. The summed E-state index contributed by atoms with van der Waals surface area (Å²) in [5.41, 5.74) is 13.7. The molecule has 0 unspecified atom stereocenters. The Morgan fingerprint density at radius 2 is 0.803 bits per heavy atom. The number of benzene rings is 10. The van der Waals surface area contributed by atoms with Crippen LogP contribution in [0.4, 0.5) is 17.1 Å². The summed E-state index contributed by atoms with van der Waals surface area (Å²) in [4.78, 5) is 2.31. The van der Waals surface area contributed by atoms with E-state index in [9.17, 15) is 0 Å². The van der Waals surface area contributed by atoms with Crippen molar-refractivity contribution in [2.24, 2.45) is 0 Å². The first kappa shape index (κ1) is 34.9. The molecule has 61 heavy (non-hydrogen) atoms. The summed E-state index contributed by atoms with van der Waals surface area (Å²) in [6, 6.07) is 79.6. The maximum absolute atomic E-state index is 7.00. The molecule has 0 atom stereocenters. The number of hydrogen-bond donors (Lipinski definition) is 0. The number of furan rings is 2. The molecule has 12 rings (SSSR count). The van der Waals surface area contributed by atoms with Crippen LogP contribution < -0.4 is 4.90 Å². The second-order valence-corrected chi connectivity index (χ2v) is 15.6. The molecule has 0 aliphatic carbocycles. The molecule has 10 aromatic carbocycles. The smallest absolute Gasteiger partial charge is 0.159 e. The van der Waals surface area contributed by atoms with Gasteiger partial charge < -0.3 is 13.7 Å². The van der Waals surface area contributed by atoms with Gasteiger partial charge in [0.25, 0.3) is 0 Å².